The van der Waals surface area contributed by atoms with Gasteiger partial charge in [-0.15, -0.1) is 16.8 Å². The fourth-order valence-corrected chi connectivity index (χ4v) is 3.68. The average Bonchev–Trinajstić information content (AvgIpc) is 3.11. The fraction of sp³-hybridized carbons (Fsp3) is 0.227. The Kier molecular flexibility index (Phi) is 7.54. The molecular weight excluding hydrogens is 420 g/mol. The second kappa shape index (κ2) is 10.3. The zero-order valence-electron chi connectivity index (χ0n) is 16.9. The number of para-hydroxylation sites is 1. The molecular formula is C22H23ClN4O2S. The average molecular weight is 443 g/mol. The van der Waals surface area contributed by atoms with E-state index in [2.05, 4.69) is 22.1 Å². The van der Waals surface area contributed by atoms with E-state index >= 15 is 0 Å². The van der Waals surface area contributed by atoms with E-state index in [4.69, 9.17) is 16.3 Å². The number of hydrogen-bond donors (Lipinski definition) is 1. The van der Waals surface area contributed by atoms with Crippen molar-refractivity contribution in [3.63, 3.8) is 0 Å². The van der Waals surface area contributed by atoms with Crippen molar-refractivity contribution in [1.82, 2.24) is 14.8 Å². The highest BCUT2D eigenvalue weighted by atomic mass is 35.5. The summed E-state index contributed by atoms with van der Waals surface area (Å²) in [6.45, 7) is 8.44. The summed E-state index contributed by atoms with van der Waals surface area (Å²) >= 11 is 7.51. The molecule has 0 radical (unpaired) electrons. The molecule has 8 heteroatoms. The lowest BCUT2D eigenvalue weighted by molar-refractivity contribution is -0.113. The summed E-state index contributed by atoms with van der Waals surface area (Å²) in [6, 6.07) is 13.3. The van der Waals surface area contributed by atoms with Crippen LogP contribution in [0.5, 0.6) is 5.75 Å². The number of amides is 1. The van der Waals surface area contributed by atoms with Gasteiger partial charge in [0.1, 0.15) is 12.4 Å². The highest BCUT2D eigenvalue weighted by Gasteiger charge is 2.15. The minimum Gasteiger partial charge on any atom is -0.484 e. The second-order valence-electron chi connectivity index (χ2n) is 6.67. The SMILES string of the molecule is C=CCn1c(COc2cc(C)ccc2Cl)nnc1SCC(=O)Nc1ccccc1C. The molecule has 2 aromatic carbocycles. The van der Waals surface area contributed by atoms with E-state index in [1.807, 2.05) is 54.8 Å². The zero-order chi connectivity index (χ0) is 21.5. The molecule has 6 nitrogen and oxygen atoms in total. The Balaban J connectivity index is 1.65. The third-order valence-electron chi connectivity index (χ3n) is 4.30. The van der Waals surface area contributed by atoms with Crippen LogP contribution in [-0.4, -0.2) is 26.4 Å². The largest absolute Gasteiger partial charge is 0.484 e. The Morgan fingerprint density at radius 3 is 2.83 bits per heavy atom. The molecule has 0 atom stereocenters. The molecule has 0 saturated heterocycles. The van der Waals surface area contributed by atoms with Crippen molar-refractivity contribution < 1.29 is 9.53 Å². The predicted molar refractivity (Wildman–Crippen MR) is 121 cm³/mol. The molecule has 1 N–H and O–H groups in total. The lowest BCUT2D eigenvalue weighted by atomic mass is 10.2. The van der Waals surface area contributed by atoms with Crippen LogP contribution in [0.3, 0.4) is 0 Å². The van der Waals surface area contributed by atoms with Crippen molar-refractivity contribution in [3.05, 3.63) is 77.1 Å². The first-order valence-electron chi connectivity index (χ1n) is 9.38. The van der Waals surface area contributed by atoms with Gasteiger partial charge < -0.3 is 10.1 Å². The number of anilines is 1. The van der Waals surface area contributed by atoms with Gasteiger partial charge in [-0.2, -0.15) is 0 Å². The van der Waals surface area contributed by atoms with Gasteiger partial charge in [-0.1, -0.05) is 53.7 Å². The Bertz CT molecular complexity index is 1050. The Hall–Kier alpha value is -2.77. The maximum absolute atomic E-state index is 12.3. The Morgan fingerprint density at radius 2 is 2.07 bits per heavy atom. The number of nitrogens with zero attached hydrogens (tertiary/aromatic N) is 3. The van der Waals surface area contributed by atoms with Gasteiger partial charge in [0.05, 0.1) is 10.8 Å². The maximum Gasteiger partial charge on any atom is 0.234 e. The van der Waals surface area contributed by atoms with Crippen LogP contribution in [0.15, 0.2) is 60.3 Å². The topological polar surface area (TPSA) is 69.0 Å². The number of aromatic nitrogens is 3. The fourth-order valence-electron chi connectivity index (χ4n) is 2.74. The van der Waals surface area contributed by atoms with Crippen LogP contribution in [-0.2, 0) is 17.9 Å². The number of rotatable bonds is 9. The third kappa shape index (κ3) is 5.64. The second-order valence-corrected chi connectivity index (χ2v) is 8.02. The maximum atomic E-state index is 12.3. The minimum absolute atomic E-state index is 0.105. The van der Waals surface area contributed by atoms with Gasteiger partial charge in [0.2, 0.25) is 5.91 Å². The quantitative estimate of drug-likeness (QED) is 0.371. The van der Waals surface area contributed by atoms with Crippen LogP contribution < -0.4 is 10.1 Å². The van der Waals surface area contributed by atoms with E-state index in [0.717, 1.165) is 16.8 Å². The van der Waals surface area contributed by atoms with Gasteiger partial charge in [0, 0.05) is 12.2 Å². The van der Waals surface area contributed by atoms with E-state index in [1.165, 1.54) is 11.8 Å². The van der Waals surface area contributed by atoms with Crippen molar-refractivity contribution in [1.29, 1.82) is 0 Å². The zero-order valence-corrected chi connectivity index (χ0v) is 18.5. The molecule has 1 heterocycles. The normalized spacial score (nSPS) is 10.6. The molecule has 1 amide bonds. The lowest BCUT2D eigenvalue weighted by Crippen LogP contribution is -2.15. The van der Waals surface area contributed by atoms with E-state index in [0.29, 0.717) is 28.3 Å². The standard InChI is InChI=1S/C22H23ClN4O2S/c1-4-11-27-20(13-29-19-12-15(2)9-10-17(19)23)25-26-22(27)30-14-21(28)24-18-8-6-5-7-16(18)3/h4-10,12H,1,11,13-14H2,2-3H3,(H,24,28). The van der Waals surface area contributed by atoms with Crippen LogP contribution in [0.1, 0.15) is 17.0 Å². The van der Waals surface area contributed by atoms with Crippen LogP contribution >= 0.6 is 23.4 Å². The van der Waals surface area contributed by atoms with Crippen LogP contribution in [0.2, 0.25) is 5.02 Å². The molecule has 1 aromatic heterocycles. The summed E-state index contributed by atoms with van der Waals surface area (Å²) < 4.78 is 7.72. The van der Waals surface area contributed by atoms with Crippen molar-refractivity contribution in [2.24, 2.45) is 0 Å². The van der Waals surface area contributed by atoms with E-state index < -0.39 is 0 Å². The number of ether oxygens (including phenoxy) is 1. The molecule has 0 aliphatic heterocycles. The van der Waals surface area contributed by atoms with Crippen LogP contribution in [0, 0.1) is 13.8 Å². The Morgan fingerprint density at radius 1 is 1.27 bits per heavy atom. The minimum atomic E-state index is -0.105. The molecule has 0 saturated carbocycles. The van der Waals surface area contributed by atoms with Crippen LogP contribution in [0.4, 0.5) is 5.69 Å². The van der Waals surface area contributed by atoms with E-state index in [1.54, 1.807) is 12.1 Å². The molecule has 3 aromatic rings. The highest BCUT2D eigenvalue weighted by Crippen LogP contribution is 2.26. The number of carbonyl (C=O) groups excluding carboxylic acids is 1. The smallest absolute Gasteiger partial charge is 0.234 e. The molecule has 0 aliphatic rings. The molecule has 0 fully saturated rings. The van der Waals surface area contributed by atoms with Crippen LogP contribution in [0.25, 0.3) is 0 Å². The first kappa shape index (κ1) is 21.9. The summed E-state index contributed by atoms with van der Waals surface area (Å²) in [5.74, 6) is 1.34. The molecule has 156 valence electrons. The summed E-state index contributed by atoms with van der Waals surface area (Å²) in [7, 11) is 0. The van der Waals surface area contributed by atoms with Gasteiger partial charge in [-0.05, 0) is 43.2 Å². The van der Waals surface area contributed by atoms with Gasteiger partial charge in [0.15, 0.2) is 11.0 Å². The number of hydrogen-bond acceptors (Lipinski definition) is 5. The molecule has 3 rings (SSSR count). The lowest BCUT2D eigenvalue weighted by Gasteiger charge is -2.11. The summed E-state index contributed by atoms with van der Waals surface area (Å²) in [5, 5.41) is 12.5. The molecule has 0 aliphatic carbocycles. The van der Waals surface area contributed by atoms with Gasteiger partial charge >= 0.3 is 0 Å². The highest BCUT2D eigenvalue weighted by molar-refractivity contribution is 7.99. The first-order valence-corrected chi connectivity index (χ1v) is 10.7. The number of nitrogens with one attached hydrogen (secondary N) is 1. The summed E-state index contributed by atoms with van der Waals surface area (Å²) in [6.07, 6.45) is 1.75. The summed E-state index contributed by atoms with van der Waals surface area (Å²) in [5.41, 5.74) is 2.87. The van der Waals surface area contributed by atoms with E-state index in [9.17, 15) is 4.79 Å². The number of thioether (sulfide) groups is 1. The van der Waals surface area contributed by atoms with E-state index in [-0.39, 0.29) is 18.3 Å². The molecule has 30 heavy (non-hydrogen) atoms. The first-order chi connectivity index (χ1) is 14.5. The number of allylic oxidation sites excluding steroid dienone is 1. The van der Waals surface area contributed by atoms with Gasteiger partial charge in [-0.25, -0.2) is 0 Å². The monoisotopic (exact) mass is 442 g/mol. The predicted octanol–water partition coefficient (Wildman–Crippen LogP) is 5.04. The number of aryl methyl sites for hydroxylation is 2. The molecule has 0 spiro atoms. The Labute approximate surface area is 185 Å². The number of halogens is 1. The van der Waals surface area contributed by atoms with Gasteiger partial charge in [0.25, 0.3) is 0 Å². The number of carbonyl (C=O) groups is 1. The number of benzene rings is 2. The third-order valence-corrected chi connectivity index (χ3v) is 5.58. The van der Waals surface area contributed by atoms with Gasteiger partial charge in [-0.3, -0.25) is 9.36 Å². The van der Waals surface area contributed by atoms with Crippen molar-refractivity contribution in [3.8, 4) is 5.75 Å². The molecule has 0 unspecified atom stereocenters. The van der Waals surface area contributed by atoms with Crippen molar-refractivity contribution in [2.45, 2.75) is 32.2 Å². The molecule has 0 bridgehead atoms. The summed E-state index contributed by atoms with van der Waals surface area (Å²) in [4.78, 5) is 12.3. The van der Waals surface area contributed by atoms with Crippen molar-refractivity contribution >= 4 is 35.0 Å². The van der Waals surface area contributed by atoms with Crippen molar-refractivity contribution in [2.75, 3.05) is 11.1 Å².